The summed E-state index contributed by atoms with van der Waals surface area (Å²) in [4.78, 5) is 13.2. The van der Waals surface area contributed by atoms with Gasteiger partial charge in [-0.05, 0) is 31.5 Å². The number of benzene rings is 1. The van der Waals surface area contributed by atoms with Gasteiger partial charge in [-0.1, -0.05) is 6.07 Å². The van der Waals surface area contributed by atoms with Crippen LogP contribution in [0, 0.1) is 0 Å². The molecule has 0 spiro atoms. The van der Waals surface area contributed by atoms with Crippen LogP contribution < -0.4 is 21.1 Å². The number of hydrogen-bond donors (Lipinski definition) is 2. The van der Waals surface area contributed by atoms with Crippen LogP contribution in [0.25, 0.3) is 0 Å². The first-order chi connectivity index (χ1) is 8.30. The maximum absolute atomic E-state index is 11.6. The van der Waals surface area contributed by atoms with E-state index < -0.39 is 5.54 Å². The van der Waals surface area contributed by atoms with Crippen LogP contribution in [0.2, 0.25) is 0 Å². The van der Waals surface area contributed by atoms with E-state index in [1.165, 1.54) is 0 Å². The molecule has 5 heteroatoms. The van der Waals surface area contributed by atoms with Crippen LogP contribution >= 0.6 is 0 Å². The average Bonchev–Trinajstić information content (AvgIpc) is 2.31. The molecule has 0 fully saturated rings. The fourth-order valence-electron chi connectivity index (χ4n) is 1.91. The van der Waals surface area contributed by atoms with Crippen molar-refractivity contribution in [2.24, 2.45) is 11.5 Å². The van der Waals surface area contributed by atoms with Crippen molar-refractivity contribution < 1.29 is 9.53 Å². The number of fused-ring (bicyclic) bond motifs is 1. The first-order valence-corrected chi connectivity index (χ1v) is 5.88. The Balaban J connectivity index is 2.40. The van der Waals surface area contributed by atoms with Gasteiger partial charge in [0.1, 0.15) is 5.75 Å². The molecule has 1 aromatic carbocycles. The van der Waals surface area contributed by atoms with E-state index in [9.17, 15) is 4.79 Å². The van der Waals surface area contributed by atoms with Gasteiger partial charge < -0.3 is 21.1 Å². The summed E-state index contributed by atoms with van der Waals surface area (Å²) in [7, 11) is 1.73. The molecule has 1 unspecified atom stereocenters. The number of ether oxygens (including phenoxy) is 1. The minimum Gasteiger partial charge on any atom is -0.482 e. The Bertz CT molecular complexity index is 480. The highest BCUT2D eigenvalue weighted by atomic mass is 16.5. The Morgan fingerprint density at radius 1 is 1.44 bits per heavy atom. The lowest BCUT2D eigenvalue weighted by Gasteiger charge is -2.30. The number of carbonyl (C=O) groups is 1. The smallest absolute Gasteiger partial charge is 0.264 e. The van der Waals surface area contributed by atoms with Crippen LogP contribution in [0.5, 0.6) is 5.75 Å². The molecule has 5 nitrogen and oxygen atoms in total. The highest BCUT2D eigenvalue weighted by molar-refractivity contribution is 5.97. The molecule has 1 heterocycles. The minimum absolute atomic E-state index is 0.0692. The molecule has 0 aliphatic carbocycles. The predicted octanol–water partition coefficient (Wildman–Crippen LogP) is 0.779. The van der Waals surface area contributed by atoms with Gasteiger partial charge in [0.15, 0.2) is 6.61 Å². The molecule has 18 heavy (non-hydrogen) atoms. The van der Waals surface area contributed by atoms with Gasteiger partial charge in [0.05, 0.1) is 5.69 Å². The third kappa shape index (κ3) is 2.19. The van der Waals surface area contributed by atoms with E-state index in [0.717, 1.165) is 11.3 Å². The second-order valence-corrected chi connectivity index (χ2v) is 5.27. The maximum atomic E-state index is 11.6. The topological polar surface area (TPSA) is 81.6 Å². The van der Waals surface area contributed by atoms with Crippen molar-refractivity contribution in [3.63, 3.8) is 0 Å². The highest BCUT2D eigenvalue weighted by Crippen LogP contribution is 2.34. The molecule has 0 saturated carbocycles. The Kier molecular flexibility index (Phi) is 3.04. The molecule has 0 bridgehead atoms. The first kappa shape index (κ1) is 12.9. The van der Waals surface area contributed by atoms with Gasteiger partial charge >= 0.3 is 0 Å². The van der Waals surface area contributed by atoms with Crippen molar-refractivity contribution >= 4 is 11.6 Å². The van der Waals surface area contributed by atoms with Gasteiger partial charge in [-0.25, -0.2) is 0 Å². The number of hydrogen-bond acceptors (Lipinski definition) is 4. The SMILES string of the molecule is CN1C(=O)COc2ccc(C(N)C(C)(C)N)cc21. The van der Waals surface area contributed by atoms with E-state index in [1.54, 1.807) is 11.9 Å². The van der Waals surface area contributed by atoms with Crippen molar-refractivity contribution in [3.05, 3.63) is 23.8 Å². The summed E-state index contributed by atoms with van der Waals surface area (Å²) in [6.07, 6.45) is 0. The van der Waals surface area contributed by atoms with Crippen LogP contribution in [0.3, 0.4) is 0 Å². The van der Waals surface area contributed by atoms with Crippen molar-refractivity contribution in [1.82, 2.24) is 0 Å². The molecule has 1 aliphatic heterocycles. The van der Waals surface area contributed by atoms with Crippen LogP contribution in [0.1, 0.15) is 25.5 Å². The summed E-state index contributed by atoms with van der Waals surface area (Å²) < 4.78 is 5.36. The fourth-order valence-corrected chi connectivity index (χ4v) is 1.91. The third-order valence-electron chi connectivity index (χ3n) is 3.23. The lowest BCUT2D eigenvalue weighted by atomic mass is 9.90. The Hall–Kier alpha value is -1.59. The number of rotatable bonds is 2. The van der Waals surface area contributed by atoms with Crippen LogP contribution in [-0.2, 0) is 4.79 Å². The molecule has 0 saturated heterocycles. The quantitative estimate of drug-likeness (QED) is 0.811. The lowest BCUT2D eigenvalue weighted by molar-refractivity contribution is -0.120. The standard InChI is InChI=1S/C13H19N3O2/c1-13(2,15)12(14)8-4-5-10-9(6-8)16(3)11(17)7-18-10/h4-6,12H,7,14-15H2,1-3H3. The molecule has 4 N–H and O–H groups in total. The normalized spacial score (nSPS) is 17.2. The molecule has 0 aromatic heterocycles. The number of carbonyl (C=O) groups excluding carboxylic acids is 1. The van der Waals surface area contributed by atoms with Crippen LogP contribution in [0.15, 0.2) is 18.2 Å². The Labute approximate surface area is 107 Å². The Morgan fingerprint density at radius 2 is 2.11 bits per heavy atom. The fraction of sp³-hybridized carbons (Fsp3) is 0.462. The largest absolute Gasteiger partial charge is 0.482 e. The molecule has 0 radical (unpaired) electrons. The molecular formula is C13H19N3O2. The van der Waals surface area contributed by atoms with E-state index in [4.69, 9.17) is 16.2 Å². The number of nitrogens with zero attached hydrogens (tertiary/aromatic N) is 1. The van der Waals surface area contributed by atoms with E-state index in [-0.39, 0.29) is 18.6 Å². The van der Waals surface area contributed by atoms with Gasteiger partial charge in [0.2, 0.25) is 0 Å². The van der Waals surface area contributed by atoms with Crippen LogP contribution in [0.4, 0.5) is 5.69 Å². The van der Waals surface area contributed by atoms with Crippen molar-refractivity contribution in [3.8, 4) is 5.75 Å². The maximum Gasteiger partial charge on any atom is 0.264 e. The van der Waals surface area contributed by atoms with Gasteiger partial charge in [0.25, 0.3) is 5.91 Å². The van der Waals surface area contributed by atoms with Gasteiger partial charge in [-0.2, -0.15) is 0 Å². The third-order valence-corrected chi connectivity index (χ3v) is 3.23. The summed E-state index contributed by atoms with van der Waals surface area (Å²) in [5.74, 6) is 0.628. The van der Waals surface area contributed by atoms with Crippen LogP contribution in [-0.4, -0.2) is 25.1 Å². The minimum atomic E-state index is -0.521. The zero-order chi connectivity index (χ0) is 13.5. The molecule has 98 valence electrons. The van der Waals surface area contributed by atoms with Crippen molar-refractivity contribution in [1.29, 1.82) is 0 Å². The molecule has 1 amide bonds. The number of amides is 1. The summed E-state index contributed by atoms with van der Waals surface area (Å²) in [6, 6.07) is 5.29. The zero-order valence-corrected chi connectivity index (χ0v) is 10.9. The summed E-state index contributed by atoms with van der Waals surface area (Å²) in [6.45, 7) is 3.84. The number of anilines is 1. The van der Waals surface area contributed by atoms with Gasteiger partial charge in [-0.15, -0.1) is 0 Å². The molecule has 1 aromatic rings. The highest BCUT2D eigenvalue weighted by Gasteiger charge is 2.27. The Morgan fingerprint density at radius 3 is 2.72 bits per heavy atom. The first-order valence-electron chi connectivity index (χ1n) is 5.88. The monoisotopic (exact) mass is 249 g/mol. The lowest BCUT2D eigenvalue weighted by Crippen LogP contribution is -2.44. The zero-order valence-electron chi connectivity index (χ0n) is 10.9. The number of nitrogens with two attached hydrogens (primary N) is 2. The summed E-state index contributed by atoms with van der Waals surface area (Å²) in [5, 5.41) is 0. The molecule has 1 atom stereocenters. The molecule has 2 rings (SSSR count). The summed E-state index contributed by atoms with van der Waals surface area (Å²) in [5.41, 5.74) is 13.2. The van der Waals surface area contributed by atoms with Gasteiger partial charge in [0, 0.05) is 18.6 Å². The van der Waals surface area contributed by atoms with Crippen molar-refractivity contribution in [2.75, 3.05) is 18.6 Å². The van der Waals surface area contributed by atoms with E-state index >= 15 is 0 Å². The van der Waals surface area contributed by atoms with Gasteiger partial charge in [-0.3, -0.25) is 4.79 Å². The second kappa shape index (κ2) is 4.26. The molecule has 1 aliphatic rings. The average molecular weight is 249 g/mol. The van der Waals surface area contributed by atoms with E-state index in [0.29, 0.717) is 5.75 Å². The molecular weight excluding hydrogens is 230 g/mol. The van der Waals surface area contributed by atoms with Crippen molar-refractivity contribution in [2.45, 2.75) is 25.4 Å². The number of likely N-dealkylation sites (N-methyl/N-ethyl adjacent to an activating group) is 1. The van der Waals surface area contributed by atoms with E-state index in [2.05, 4.69) is 0 Å². The summed E-state index contributed by atoms with van der Waals surface area (Å²) >= 11 is 0. The van der Waals surface area contributed by atoms with E-state index in [1.807, 2.05) is 32.0 Å². The second-order valence-electron chi connectivity index (χ2n) is 5.27. The predicted molar refractivity (Wildman–Crippen MR) is 70.5 cm³/mol.